The fraction of sp³-hybridized carbons (Fsp3) is 0.0667. The molecule has 52 heavy (non-hydrogen) atoms. The summed E-state index contributed by atoms with van der Waals surface area (Å²) in [5.74, 6) is 3.69. The lowest BCUT2D eigenvalue weighted by Crippen LogP contribution is -2.23. The van der Waals surface area contributed by atoms with Crippen molar-refractivity contribution in [3.63, 3.8) is 0 Å². The first kappa shape index (κ1) is 31.7. The Hall–Kier alpha value is -6.31. The maximum Gasteiger partial charge on any atom is 0.164 e. The molecule has 0 spiro atoms. The fourth-order valence-corrected chi connectivity index (χ4v) is 8.02. The number of hydrogen-bond donors (Lipinski definition) is 0. The highest BCUT2D eigenvalue weighted by atomic mass is 32.2. The summed E-state index contributed by atoms with van der Waals surface area (Å²) in [4.78, 5) is 32.3. The van der Waals surface area contributed by atoms with Gasteiger partial charge in [-0.3, -0.25) is 0 Å². The molecule has 0 bridgehead atoms. The van der Waals surface area contributed by atoms with E-state index in [0.717, 1.165) is 33.4 Å². The summed E-state index contributed by atoms with van der Waals surface area (Å²) in [6.07, 6.45) is 0. The largest absolute Gasteiger partial charge is 0.208 e. The molecule has 1 aliphatic heterocycles. The molecule has 0 radical (unpaired) electrons. The molecular formula is C45H32N6S. The van der Waals surface area contributed by atoms with Gasteiger partial charge in [-0.25, -0.2) is 29.9 Å². The van der Waals surface area contributed by atoms with Gasteiger partial charge in [-0.15, -0.1) is 0 Å². The van der Waals surface area contributed by atoms with Crippen LogP contribution in [0.4, 0.5) is 0 Å². The summed E-state index contributed by atoms with van der Waals surface area (Å²) >= 11 is 1.82. The first-order valence-electron chi connectivity index (χ1n) is 17.2. The zero-order valence-corrected chi connectivity index (χ0v) is 29.4. The van der Waals surface area contributed by atoms with Crippen LogP contribution in [-0.2, 0) is 5.41 Å². The summed E-state index contributed by atoms with van der Waals surface area (Å²) in [5, 5.41) is 0. The number of nitrogens with zero attached hydrogens (tertiary/aromatic N) is 6. The van der Waals surface area contributed by atoms with Gasteiger partial charge in [0.2, 0.25) is 0 Å². The summed E-state index contributed by atoms with van der Waals surface area (Å²) in [6, 6.07) is 53.4. The van der Waals surface area contributed by atoms with E-state index in [2.05, 4.69) is 56.3 Å². The highest BCUT2D eigenvalue weighted by Gasteiger charge is 2.33. The van der Waals surface area contributed by atoms with E-state index < -0.39 is 0 Å². The van der Waals surface area contributed by atoms with Crippen LogP contribution >= 0.6 is 11.8 Å². The zero-order chi connectivity index (χ0) is 35.1. The van der Waals surface area contributed by atoms with Gasteiger partial charge in [0.05, 0.1) is 0 Å². The average Bonchev–Trinajstić information content (AvgIpc) is 3.21. The highest BCUT2D eigenvalue weighted by Crippen LogP contribution is 2.49. The predicted molar refractivity (Wildman–Crippen MR) is 209 cm³/mol. The van der Waals surface area contributed by atoms with E-state index in [0.29, 0.717) is 34.9 Å². The molecule has 6 nitrogen and oxygen atoms in total. The third kappa shape index (κ3) is 5.95. The van der Waals surface area contributed by atoms with Gasteiger partial charge in [0.1, 0.15) is 0 Å². The Balaban J connectivity index is 1.13. The number of benzene rings is 6. The minimum atomic E-state index is -0.170. The van der Waals surface area contributed by atoms with E-state index in [1.807, 2.05) is 127 Å². The van der Waals surface area contributed by atoms with E-state index in [-0.39, 0.29) is 5.41 Å². The monoisotopic (exact) mass is 688 g/mol. The standard InChI is InChI=1S/C45H32N6S/c1-45(2)35-20-12-13-21-37(35)52-38-27-26-34(28-36(38)45)44-50-41(31-18-10-5-11-19-31)49-43(51-44)33-24-22-32(23-25-33)42-47-39(29-14-6-3-7-15-29)46-40(48-42)30-16-8-4-9-17-30/h3-28H,1-2H3. The molecule has 0 aliphatic carbocycles. The van der Waals surface area contributed by atoms with Gasteiger partial charge in [-0.2, -0.15) is 0 Å². The molecule has 0 atom stereocenters. The molecule has 248 valence electrons. The molecule has 7 heteroatoms. The first-order chi connectivity index (χ1) is 25.5. The summed E-state index contributed by atoms with van der Waals surface area (Å²) in [7, 11) is 0. The van der Waals surface area contributed by atoms with Crippen LogP contribution in [0.3, 0.4) is 0 Å². The SMILES string of the molecule is CC1(C)c2ccccc2Sc2ccc(-c3nc(-c4ccccc4)nc(-c4ccc(-c5nc(-c6ccccc6)nc(-c6ccccc6)n5)cc4)n3)cc21. The number of aromatic nitrogens is 6. The Morgan fingerprint density at radius 3 is 1.10 bits per heavy atom. The van der Waals surface area contributed by atoms with E-state index in [4.69, 9.17) is 29.9 Å². The van der Waals surface area contributed by atoms with Crippen LogP contribution in [0.1, 0.15) is 25.0 Å². The van der Waals surface area contributed by atoms with Gasteiger partial charge in [-0.05, 0) is 29.3 Å². The van der Waals surface area contributed by atoms with Crippen molar-refractivity contribution >= 4 is 11.8 Å². The van der Waals surface area contributed by atoms with Crippen LogP contribution in [0.2, 0.25) is 0 Å². The van der Waals surface area contributed by atoms with Crippen molar-refractivity contribution in [3.05, 3.63) is 169 Å². The maximum atomic E-state index is 5.08. The van der Waals surface area contributed by atoms with Gasteiger partial charge >= 0.3 is 0 Å². The zero-order valence-electron chi connectivity index (χ0n) is 28.6. The lowest BCUT2D eigenvalue weighted by Gasteiger charge is -2.34. The van der Waals surface area contributed by atoms with Crippen LogP contribution in [0.15, 0.2) is 168 Å². The molecule has 0 saturated carbocycles. The van der Waals surface area contributed by atoms with E-state index in [1.165, 1.54) is 20.9 Å². The molecule has 0 amide bonds. The van der Waals surface area contributed by atoms with E-state index in [9.17, 15) is 0 Å². The molecular weight excluding hydrogens is 657 g/mol. The maximum absolute atomic E-state index is 5.08. The van der Waals surface area contributed by atoms with Crippen LogP contribution in [0.5, 0.6) is 0 Å². The molecule has 3 heterocycles. The Bertz CT molecular complexity index is 2500. The second-order valence-corrected chi connectivity index (χ2v) is 14.3. The molecule has 2 aromatic heterocycles. The quantitative estimate of drug-likeness (QED) is 0.172. The summed E-state index contributed by atoms with van der Waals surface area (Å²) in [5.41, 5.74) is 7.91. The van der Waals surface area contributed by atoms with Crippen LogP contribution < -0.4 is 0 Å². The van der Waals surface area contributed by atoms with Crippen molar-refractivity contribution in [2.24, 2.45) is 0 Å². The van der Waals surface area contributed by atoms with Crippen LogP contribution in [-0.4, -0.2) is 29.9 Å². The Morgan fingerprint density at radius 1 is 0.327 bits per heavy atom. The number of hydrogen-bond acceptors (Lipinski definition) is 7. The van der Waals surface area contributed by atoms with Gasteiger partial charge in [0.25, 0.3) is 0 Å². The topological polar surface area (TPSA) is 77.3 Å². The Morgan fingerprint density at radius 2 is 0.654 bits per heavy atom. The fourth-order valence-electron chi connectivity index (χ4n) is 6.64. The average molecular weight is 689 g/mol. The second-order valence-electron chi connectivity index (χ2n) is 13.2. The predicted octanol–water partition coefficient (Wildman–Crippen LogP) is 10.8. The van der Waals surface area contributed by atoms with Crippen molar-refractivity contribution in [2.75, 3.05) is 0 Å². The van der Waals surface area contributed by atoms with Crippen LogP contribution in [0.25, 0.3) is 68.3 Å². The van der Waals surface area contributed by atoms with Gasteiger partial charge < -0.3 is 0 Å². The Labute approximate surface area is 306 Å². The van der Waals surface area contributed by atoms with Crippen molar-refractivity contribution in [1.29, 1.82) is 0 Å². The molecule has 9 rings (SSSR count). The van der Waals surface area contributed by atoms with Crippen molar-refractivity contribution in [3.8, 4) is 68.3 Å². The highest BCUT2D eigenvalue weighted by molar-refractivity contribution is 7.99. The molecule has 0 fully saturated rings. The van der Waals surface area contributed by atoms with Crippen molar-refractivity contribution in [1.82, 2.24) is 29.9 Å². The first-order valence-corrected chi connectivity index (χ1v) is 18.0. The molecule has 0 N–H and O–H groups in total. The van der Waals surface area contributed by atoms with Gasteiger partial charge in [0, 0.05) is 48.6 Å². The van der Waals surface area contributed by atoms with Gasteiger partial charge in [0.15, 0.2) is 34.9 Å². The summed E-state index contributed by atoms with van der Waals surface area (Å²) in [6.45, 7) is 4.59. The number of rotatable bonds is 6. The normalized spacial score (nSPS) is 12.9. The van der Waals surface area contributed by atoms with Crippen molar-refractivity contribution in [2.45, 2.75) is 29.1 Å². The van der Waals surface area contributed by atoms with Gasteiger partial charge in [-0.1, -0.05) is 165 Å². The smallest absolute Gasteiger partial charge is 0.164 e. The third-order valence-corrected chi connectivity index (χ3v) is 10.6. The molecule has 1 aliphatic rings. The summed E-state index contributed by atoms with van der Waals surface area (Å²) < 4.78 is 0. The Kier molecular flexibility index (Phi) is 7.98. The second kappa shape index (κ2) is 13.1. The van der Waals surface area contributed by atoms with E-state index in [1.54, 1.807) is 0 Å². The van der Waals surface area contributed by atoms with E-state index >= 15 is 0 Å². The van der Waals surface area contributed by atoms with Crippen molar-refractivity contribution < 1.29 is 0 Å². The molecule has 6 aromatic carbocycles. The molecule has 0 unspecified atom stereocenters. The third-order valence-electron chi connectivity index (χ3n) is 9.46. The minimum absolute atomic E-state index is 0.170. The minimum Gasteiger partial charge on any atom is -0.208 e. The van der Waals surface area contributed by atoms with Crippen LogP contribution in [0, 0.1) is 0 Å². The lowest BCUT2D eigenvalue weighted by atomic mass is 9.77. The molecule has 8 aromatic rings. The lowest BCUT2D eigenvalue weighted by molar-refractivity contribution is 0.607. The number of fused-ring (bicyclic) bond motifs is 2. The molecule has 0 saturated heterocycles.